The summed E-state index contributed by atoms with van der Waals surface area (Å²) in [6.07, 6.45) is -0.874. The van der Waals surface area contributed by atoms with Crippen molar-refractivity contribution < 1.29 is 19.3 Å². The molecule has 1 aromatic carbocycles. The molecule has 7 nitrogen and oxygen atoms in total. The number of nitro groups is 1. The molecule has 20 heavy (non-hydrogen) atoms. The summed E-state index contributed by atoms with van der Waals surface area (Å²) in [4.78, 5) is 10.2. The minimum atomic E-state index is -0.874. The van der Waals surface area contributed by atoms with Gasteiger partial charge in [-0.05, 0) is 19.9 Å². The molecule has 106 valence electrons. The van der Waals surface area contributed by atoms with Crippen LogP contribution in [0.2, 0.25) is 0 Å². The molecule has 0 aliphatic rings. The lowest BCUT2D eigenvalue weighted by molar-refractivity contribution is -0.385. The first-order valence-corrected chi connectivity index (χ1v) is 5.99. The van der Waals surface area contributed by atoms with Crippen molar-refractivity contribution in [1.29, 1.82) is 0 Å². The van der Waals surface area contributed by atoms with Crippen molar-refractivity contribution in [1.82, 2.24) is 5.16 Å². The van der Waals surface area contributed by atoms with Gasteiger partial charge in [0.2, 0.25) is 0 Å². The molecule has 0 bridgehead atoms. The molecule has 1 aromatic heterocycles. The molecule has 2 rings (SSSR count). The van der Waals surface area contributed by atoms with Gasteiger partial charge in [-0.2, -0.15) is 0 Å². The van der Waals surface area contributed by atoms with E-state index < -0.39 is 11.0 Å². The third kappa shape index (κ3) is 3.12. The second kappa shape index (κ2) is 5.70. The molecular formula is C13H14N2O5. The van der Waals surface area contributed by atoms with E-state index in [0.29, 0.717) is 17.1 Å². The monoisotopic (exact) mass is 278 g/mol. The second-order valence-electron chi connectivity index (χ2n) is 4.38. The van der Waals surface area contributed by atoms with Crippen LogP contribution in [0.25, 0.3) is 0 Å². The van der Waals surface area contributed by atoms with Crippen LogP contribution in [-0.2, 0) is 6.61 Å². The van der Waals surface area contributed by atoms with E-state index in [1.54, 1.807) is 13.0 Å². The number of ether oxygens (including phenoxy) is 1. The molecule has 2 aromatic rings. The van der Waals surface area contributed by atoms with E-state index in [-0.39, 0.29) is 12.3 Å². The van der Waals surface area contributed by atoms with E-state index in [1.807, 2.05) is 0 Å². The number of aliphatic hydroxyl groups excluding tert-OH is 1. The predicted octanol–water partition coefficient (Wildman–Crippen LogP) is 2.52. The van der Waals surface area contributed by atoms with Crippen LogP contribution in [0.4, 0.5) is 5.69 Å². The van der Waals surface area contributed by atoms with Gasteiger partial charge in [-0.25, -0.2) is 0 Å². The average Bonchev–Trinajstić information content (AvgIpc) is 2.81. The fourth-order valence-corrected chi connectivity index (χ4v) is 1.74. The van der Waals surface area contributed by atoms with Gasteiger partial charge < -0.3 is 14.4 Å². The Morgan fingerprint density at radius 1 is 1.50 bits per heavy atom. The maximum absolute atomic E-state index is 10.7. The molecule has 0 saturated carbocycles. The van der Waals surface area contributed by atoms with Gasteiger partial charge in [0.1, 0.15) is 12.4 Å². The van der Waals surface area contributed by atoms with Gasteiger partial charge in [-0.15, -0.1) is 0 Å². The zero-order valence-corrected chi connectivity index (χ0v) is 11.1. The van der Waals surface area contributed by atoms with Gasteiger partial charge >= 0.3 is 0 Å². The zero-order chi connectivity index (χ0) is 14.7. The van der Waals surface area contributed by atoms with Crippen LogP contribution in [0.1, 0.15) is 30.0 Å². The van der Waals surface area contributed by atoms with Crippen molar-refractivity contribution >= 4 is 5.69 Å². The first-order valence-electron chi connectivity index (χ1n) is 5.99. The summed E-state index contributed by atoms with van der Waals surface area (Å²) in [5, 5.41) is 24.1. The third-order valence-electron chi connectivity index (χ3n) is 2.70. The minimum absolute atomic E-state index is 0.0937. The quantitative estimate of drug-likeness (QED) is 0.666. The van der Waals surface area contributed by atoms with Crippen molar-refractivity contribution in [2.24, 2.45) is 0 Å². The van der Waals surface area contributed by atoms with Gasteiger partial charge in [-0.3, -0.25) is 10.1 Å². The molecule has 0 fully saturated rings. The summed E-state index contributed by atoms with van der Waals surface area (Å²) in [7, 11) is 0. The Labute approximate surface area is 114 Å². The van der Waals surface area contributed by atoms with Crippen LogP contribution in [0.15, 0.2) is 28.8 Å². The van der Waals surface area contributed by atoms with Crippen LogP contribution < -0.4 is 4.74 Å². The van der Waals surface area contributed by atoms with E-state index in [1.165, 1.54) is 25.1 Å². The number of aromatic nitrogens is 1. The number of non-ortho nitro benzene ring substituents is 1. The summed E-state index contributed by atoms with van der Waals surface area (Å²) >= 11 is 0. The molecule has 1 heterocycles. The van der Waals surface area contributed by atoms with Gasteiger partial charge in [0.25, 0.3) is 5.69 Å². The molecule has 1 unspecified atom stereocenters. The normalized spacial score (nSPS) is 12.2. The summed E-state index contributed by atoms with van der Waals surface area (Å²) < 4.78 is 10.5. The zero-order valence-electron chi connectivity index (χ0n) is 11.1. The lowest BCUT2D eigenvalue weighted by Gasteiger charge is -2.12. The summed E-state index contributed by atoms with van der Waals surface area (Å²) in [5.74, 6) is 0.914. The van der Waals surface area contributed by atoms with Crippen molar-refractivity contribution in [3.05, 3.63) is 51.4 Å². The largest absolute Gasteiger partial charge is 0.485 e. The summed E-state index contributed by atoms with van der Waals surface area (Å²) in [6, 6.07) is 5.81. The molecule has 0 aliphatic carbocycles. The molecule has 0 radical (unpaired) electrons. The number of hydrogen-bond donors (Lipinski definition) is 1. The number of nitro benzene ring substituents is 1. The standard InChI is InChI=1S/C13H14N2O5/c1-8-5-11(20-14-8)7-19-13-4-3-10(15(17)18)6-12(13)9(2)16/h3-6,9,16H,7H2,1-2H3. The Morgan fingerprint density at radius 3 is 2.80 bits per heavy atom. The highest BCUT2D eigenvalue weighted by Gasteiger charge is 2.16. The first kappa shape index (κ1) is 14.0. The maximum atomic E-state index is 10.7. The van der Waals surface area contributed by atoms with E-state index in [2.05, 4.69) is 5.16 Å². The van der Waals surface area contributed by atoms with E-state index in [9.17, 15) is 15.2 Å². The van der Waals surface area contributed by atoms with Crippen LogP contribution >= 0.6 is 0 Å². The summed E-state index contributed by atoms with van der Waals surface area (Å²) in [5.41, 5.74) is 1.00. The highest BCUT2D eigenvalue weighted by molar-refractivity contribution is 5.44. The van der Waals surface area contributed by atoms with E-state index in [4.69, 9.17) is 9.26 Å². The number of aliphatic hydroxyl groups is 1. The Balaban J connectivity index is 2.20. The van der Waals surface area contributed by atoms with Crippen LogP contribution in [-0.4, -0.2) is 15.2 Å². The van der Waals surface area contributed by atoms with Gasteiger partial charge in [-0.1, -0.05) is 5.16 Å². The van der Waals surface area contributed by atoms with Gasteiger partial charge in [0.05, 0.1) is 16.7 Å². The van der Waals surface area contributed by atoms with Crippen LogP contribution in [0.5, 0.6) is 5.75 Å². The molecule has 0 saturated heterocycles. The minimum Gasteiger partial charge on any atom is -0.485 e. The molecule has 7 heteroatoms. The highest BCUT2D eigenvalue weighted by Crippen LogP contribution is 2.29. The number of hydrogen-bond acceptors (Lipinski definition) is 6. The van der Waals surface area contributed by atoms with Gasteiger partial charge in [0.15, 0.2) is 5.76 Å². The lowest BCUT2D eigenvalue weighted by Crippen LogP contribution is -2.01. The smallest absolute Gasteiger partial charge is 0.270 e. The third-order valence-corrected chi connectivity index (χ3v) is 2.70. The number of nitrogens with zero attached hydrogens (tertiary/aromatic N) is 2. The highest BCUT2D eigenvalue weighted by atomic mass is 16.6. The van der Waals surface area contributed by atoms with E-state index >= 15 is 0 Å². The Morgan fingerprint density at radius 2 is 2.25 bits per heavy atom. The van der Waals surface area contributed by atoms with Crippen molar-refractivity contribution in [2.45, 2.75) is 26.6 Å². The SMILES string of the molecule is Cc1cc(COc2ccc([N+](=O)[O-])cc2C(C)O)on1. The fraction of sp³-hybridized carbons (Fsp3) is 0.308. The topological polar surface area (TPSA) is 98.6 Å². The Kier molecular flexibility index (Phi) is 3.99. The average molecular weight is 278 g/mol. The maximum Gasteiger partial charge on any atom is 0.270 e. The van der Waals surface area contributed by atoms with E-state index in [0.717, 1.165) is 5.69 Å². The molecule has 0 spiro atoms. The summed E-state index contributed by atoms with van der Waals surface area (Å²) in [6.45, 7) is 3.45. The van der Waals surface area contributed by atoms with Crippen molar-refractivity contribution in [2.75, 3.05) is 0 Å². The molecule has 1 atom stereocenters. The van der Waals surface area contributed by atoms with Crippen LogP contribution in [0.3, 0.4) is 0 Å². The molecule has 0 amide bonds. The lowest BCUT2D eigenvalue weighted by atomic mass is 10.1. The molecular weight excluding hydrogens is 264 g/mol. The Bertz CT molecular complexity index is 621. The Hall–Kier alpha value is -2.41. The predicted molar refractivity (Wildman–Crippen MR) is 69.3 cm³/mol. The van der Waals surface area contributed by atoms with Crippen molar-refractivity contribution in [3.8, 4) is 5.75 Å². The molecule has 0 aliphatic heterocycles. The van der Waals surface area contributed by atoms with Crippen LogP contribution in [0, 0.1) is 17.0 Å². The number of benzene rings is 1. The fourth-order valence-electron chi connectivity index (χ4n) is 1.74. The number of aryl methyl sites for hydroxylation is 1. The van der Waals surface area contributed by atoms with Crippen molar-refractivity contribution in [3.63, 3.8) is 0 Å². The van der Waals surface area contributed by atoms with Gasteiger partial charge in [0, 0.05) is 23.8 Å². The number of rotatable bonds is 5. The first-order chi connectivity index (χ1) is 9.47. The molecule has 1 N–H and O–H groups in total. The second-order valence-corrected chi connectivity index (χ2v) is 4.38.